The monoisotopic (exact) mass is 226 g/mol. The molecule has 1 heteroatoms. The van der Waals surface area contributed by atoms with Gasteiger partial charge in [0.15, 0.2) is 0 Å². The minimum atomic E-state index is 0.370. The Labute approximate surface area is 103 Å². The number of allylic oxidation sites excluding steroid dienone is 5. The fraction of sp³-hybridized carbons (Fsp3) is 0.500. The van der Waals surface area contributed by atoms with Gasteiger partial charge in [-0.3, -0.25) is 0 Å². The van der Waals surface area contributed by atoms with E-state index in [1.54, 1.807) is 5.57 Å². The Bertz CT molecular complexity index is 480. The van der Waals surface area contributed by atoms with Crippen molar-refractivity contribution in [2.24, 2.45) is 17.3 Å². The molecule has 0 spiro atoms. The minimum absolute atomic E-state index is 0.370. The van der Waals surface area contributed by atoms with Crippen LogP contribution in [0.5, 0.6) is 0 Å². The molecule has 4 aliphatic carbocycles. The van der Waals surface area contributed by atoms with Crippen LogP contribution in [-0.2, 0) is 4.74 Å². The summed E-state index contributed by atoms with van der Waals surface area (Å²) in [5, 5.41) is 0. The van der Waals surface area contributed by atoms with Crippen LogP contribution >= 0.6 is 0 Å². The van der Waals surface area contributed by atoms with Crippen LogP contribution in [-0.4, -0.2) is 6.61 Å². The number of hydrogen-bond donors (Lipinski definition) is 0. The van der Waals surface area contributed by atoms with Crippen LogP contribution in [0.25, 0.3) is 0 Å². The van der Waals surface area contributed by atoms with Crippen molar-refractivity contribution in [1.82, 2.24) is 0 Å². The number of hydrogen-bond acceptors (Lipinski definition) is 1. The molecule has 0 amide bonds. The van der Waals surface area contributed by atoms with E-state index in [-0.39, 0.29) is 0 Å². The molecule has 0 aromatic rings. The summed E-state index contributed by atoms with van der Waals surface area (Å²) in [4.78, 5) is 0. The van der Waals surface area contributed by atoms with E-state index in [9.17, 15) is 0 Å². The van der Waals surface area contributed by atoms with E-state index >= 15 is 0 Å². The Kier molecular flexibility index (Phi) is 1.81. The molecule has 1 heterocycles. The second-order valence-corrected chi connectivity index (χ2v) is 5.78. The largest absolute Gasteiger partial charge is 0.497 e. The second-order valence-electron chi connectivity index (χ2n) is 5.78. The molecule has 0 aromatic heterocycles. The van der Waals surface area contributed by atoms with E-state index in [4.69, 9.17) is 4.74 Å². The van der Waals surface area contributed by atoms with Gasteiger partial charge in [0.2, 0.25) is 0 Å². The zero-order valence-corrected chi connectivity index (χ0v) is 10.1. The highest BCUT2D eigenvalue weighted by molar-refractivity contribution is 5.51. The molecule has 0 saturated heterocycles. The van der Waals surface area contributed by atoms with E-state index in [2.05, 4.69) is 24.8 Å². The Hall–Kier alpha value is -1.24. The van der Waals surface area contributed by atoms with Gasteiger partial charge >= 0.3 is 0 Å². The van der Waals surface area contributed by atoms with Crippen LogP contribution in [0.2, 0.25) is 0 Å². The lowest BCUT2D eigenvalue weighted by Gasteiger charge is -2.65. The van der Waals surface area contributed by atoms with Gasteiger partial charge in [0.05, 0.1) is 6.26 Å². The van der Waals surface area contributed by atoms with Crippen LogP contribution < -0.4 is 0 Å². The third-order valence-electron chi connectivity index (χ3n) is 5.29. The van der Waals surface area contributed by atoms with Gasteiger partial charge in [-0.1, -0.05) is 29.9 Å². The Morgan fingerprint density at radius 3 is 3.06 bits per heavy atom. The first kappa shape index (κ1) is 9.76. The van der Waals surface area contributed by atoms with Crippen LogP contribution in [0.3, 0.4) is 0 Å². The Morgan fingerprint density at radius 2 is 2.35 bits per heavy atom. The van der Waals surface area contributed by atoms with Crippen molar-refractivity contribution in [2.45, 2.75) is 25.7 Å². The molecule has 0 N–H and O–H groups in total. The fourth-order valence-electron chi connectivity index (χ4n) is 4.64. The van der Waals surface area contributed by atoms with Gasteiger partial charge in [-0.25, -0.2) is 0 Å². The molecule has 3 atom stereocenters. The summed E-state index contributed by atoms with van der Waals surface area (Å²) < 4.78 is 5.52. The number of rotatable bonds is 1. The first-order chi connectivity index (χ1) is 8.34. The lowest BCUT2D eigenvalue weighted by molar-refractivity contribution is 0.0306. The van der Waals surface area contributed by atoms with E-state index < -0.39 is 0 Å². The van der Waals surface area contributed by atoms with Gasteiger partial charge in [-0.05, 0) is 43.3 Å². The van der Waals surface area contributed by atoms with Crippen molar-refractivity contribution >= 4 is 0 Å². The summed E-state index contributed by atoms with van der Waals surface area (Å²) in [6.07, 6.45) is 13.7. The predicted octanol–water partition coefficient (Wildman–Crippen LogP) is 3.76. The van der Waals surface area contributed by atoms with Gasteiger partial charge in [0.1, 0.15) is 6.61 Å². The highest BCUT2D eigenvalue weighted by Crippen LogP contribution is 2.71. The van der Waals surface area contributed by atoms with Gasteiger partial charge in [-0.2, -0.15) is 0 Å². The topological polar surface area (TPSA) is 9.23 Å². The predicted molar refractivity (Wildman–Crippen MR) is 68.3 cm³/mol. The standard InChI is InChI=1S/C16H18O/c1-11-7-8-16(12-4-3-9-17-10-12)13-5-2-6-14(16)15(11)13/h3-5,9,14-15H,1-2,6-8,10H2. The van der Waals surface area contributed by atoms with Crippen molar-refractivity contribution in [1.29, 1.82) is 0 Å². The summed E-state index contributed by atoms with van der Waals surface area (Å²) >= 11 is 0. The second kappa shape index (κ2) is 3.16. The van der Waals surface area contributed by atoms with Crippen LogP contribution in [0, 0.1) is 17.3 Å². The van der Waals surface area contributed by atoms with E-state index in [0.717, 1.165) is 12.5 Å². The first-order valence-corrected chi connectivity index (χ1v) is 6.70. The molecular weight excluding hydrogens is 208 g/mol. The summed E-state index contributed by atoms with van der Waals surface area (Å²) in [5.74, 6) is 1.54. The lowest BCUT2D eigenvalue weighted by Crippen LogP contribution is -2.57. The molecule has 0 radical (unpaired) electrons. The fourth-order valence-corrected chi connectivity index (χ4v) is 4.64. The van der Waals surface area contributed by atoms with Crippen LogP contribution in [0.4, 0.5) is 0 Å². The smallest absolute Gasteiger partial charge is 0.110 e. The SMILES string of the molecule is C=C1CCC2(C3=CC=COC3)C3=CCCC2C13. The quantitative estimate of drug-likeness (QED) is 0.619. The van der Waals surface area contributed by atoms with E-state index in [1.807, 2.05) is 6.26 Å². The Balaban J connectivity index is 1.82. The maximum Gasteiger partial charge on any atom is 0.110 e. The molecule has 88 valence electrons. The van der Waals surface area contributed by atoms with Crippen LogP contribution in [0.1, 0.15) is 25.7 Å². The zero-order valence-electron chi connectivity index (χ0n) is 10.1. The molecule has 4 bridgehead atoms. The van der Waals surface area contributed by atoms with E-state index in [1.165, 1.54) is 36.8 Å². The molecule has 3 saturated carbocycles. The van der Waals surface area contributed by atoms with Crippen molar-refractivity contribution in [2.75, 3.05) is 6.61 Å². The molecule has 5 rings (SSSR count). The molecule has 0 aromatic carbocycles. The van der Waals surface area contributed by atoms with Crippen molar-refractivity contribution < 1.29 is 4.74 Å². The summed E-state index contributed by atoms with van der Waals surface area (Å²) in [7, 11) is 0. The summed E-state index contributed by atoms with van der Waals surface area (Å²) in [5.41, 5.74) is 5.04. The van der Waals surface area contributed by atoms with Crippen LogP contribution in [0.15, 0.2) is 47.8 Å². The summed E-state index contributed by atoms with van der Waals surface area (Å²) in [6.45, 7) is 5.08. The van der Waals surface area contributed by atoms with Gasteiger partial charge < -0.3 is 4.74 Å². The zero-order chi connectivity index (χ0) is 11.5. The average molecular weight is 226 g/mol. The van der Waals surface area contributed by atoms with Crippen molar-refractivity contribution in [3.63, 3.8) is 0 Å². The molecule has 5 aliphatic rings. The third kappa shape index (κ3) is 1.01. The maximum absolute atomic E-state index is 5.52. The minimum Gasteiger partial charge on any atom is -0.497 e. The van der Waals surface area contributed by atoms with E-state index in [0.29, 0.717) is 11.3 Å². The lowest BCUT2D eigenvalue weighted by atomic mass is 9.38. The molecule has 3 unspecified atom stereocenters. The van der Waals surface area contributed by atoms with Crippen molar-refractivity contribution in [3.8, 4) is 0 Å². The highest BCUT2D eigenvalue weighted by atomic mass is 16.5. The number of ether oxygens (including phenoxy) is 1. The highest BCUT2D eigenvalue weighted by Gasteiger charge is 2.63. The maximum atomic E-state index is 5.52. The first-order valence-electron chi connectivity index (χ1n) is 6.70. The van der Waals surface area contributed by atoms with Gasteiger partial charge in [0, 0.05) is 11.3 Å². The van der Waals surface area contributed by atoms with Gasteiger partial charge in [-0.15, -0.1) is 0 Å². The third-order valence-corrected chi connectivity index (χ3v) is 5.29. The average Bonchev–Trinajstić information content (AvgIpc) is 2.41. The normalized spacial score (nSPS) is 42.2. The Morgan fingerprint density at radius 1 is 1.41 bits per heavy atom. The molecule has 17 heavy (non-hydrogen) atoms. The number of fused-ring (bicyclic) bond motifs is 2. The molecular formula is C16H18O. The summed E-state index contributed by atoms with van der Waals surface area (Å²) in [6, 6.07) is 0. The van der Waals surface area contributed by atoms with Gasteiger partial charge in [0.25, 0.3) is 0 Å². The molecule has 1 nitrogen and oxygen atoms in total. The van der Waals surface area contributed by atoms with Crippen molar-refractivity contribution in [3.05, 3.63) is 47.8 Å². The molecule has 1 aliphatic heterocycles. The molecule has 3 fully saturated rings.